The first kappa shape index (κ1) is 24.6. The number of thioether (sulfide) groups is 1. The quantitative estimate of drug-likeness (QED) is 0.237. The van der Waals surface area contributed by atoms with Gasteiger partial charge in [-0.05, 0) is 59.1 Å². The maximum atomic E-state index is 13.5. The van der Waals surface area contributed by atoms with Gasteiger partial charge in [-0.3, -0.25) is 14.7 Å². The molecule has 1 aliphatic heterocycles. The zero-order valence-electron chi connectivity index (χ0n) is 20.7. The number of ether oxygens (including phenoxy) is 1. The van der Waals surface area contributed by atoms with Gasteiger partial charge in [-0.15, -0.1) is 0 Å². The molecule has 37 heavy (non-hydrogen) atoms. The third kappa shape index (κ3) is 6.57. The molecule has 184 valence electrons. The van der Waals surface area contributed by atoms with Crippen LogP contribution in [0.1, 0.15) is 27.8 Å². The van der Waals surface area contributed by atoms with Crippen molar-refractivity contribution in [3.63, 3.8) is 0 Å². The lowest BCUT2D eigenvalue weighted by Crippen LogP contribution is -2.28. The summed E-state index contributed by atoms with van der Waals surface area (Å²) in [5.74, 6) is 0.733. The first-order valence-electron chi connectivity index (χ1n) is 12.3. The van der Waals surface area contributed by atoms with Crippen LogP contribution < -0.4 is 4.74 Å². The standard InChI is InChI=1S/C32H28N2O2S/c1-24-15-17-27(18-16-24)23-36-29-14-8-13-28(19-29)20-30-31(35)34(22-26-11-6-3-7-12-26)32(37-30)33-21-25-9-4-2-5-10-25/h2-20H,21-23H2,1H3/b30-20-,33-32?. The molecule has 4 nitrogen and oxygen atoms in total. The topological polar surface area (TPSA) is 41.9 Å². The van der Waals surface area contributed by atoms with Gasteiger partial charge in [0, 0.05) is 0 Å². The van der Waals surface area contributed by atoms with E-state index in [1.165, 1.54) is 17.3 Å². The minimum Gasteiger partial charge on any atom is -0.489 e. The van der Waals surface area contributed by atoms with Crippen LogP contribution in [0.2, 0.25) is 0 Å². The molecule has 1 saturated heterocycles. The summed E-state index contributed by atoms with van der Waals surface area (Å²) in [6, 6.07) is 36.3. The summed E-state index contributed by atoms with van der Waals surface area (Å²) in [4.78, 5) is 20.7. The zero-order chi connectivity index (χ0) is 25.5. The molecule has 1 heterocycles. The monoisotopic (exact) mass is 504 g/mol. The summed E-state index contributed by atoms with van der Waals surface area (Å²) in [6.07, 6.45) is 1.93. The smallest absolute Gasteiger partial charge is 0.267 e. The fourth-order valence-corrected chi connectivity index (χ4v) is 4.95. The number of hydrogen-bond donors (Lipinski definition) is 0. The van der Waals surface area contributed by atoms with E-state index in [1.807, 2.05) is 91.0 Å². The van der Waals surface area contributed by atoms with Crippen molar-refractivity contribution in [2.24, 2.45) is 4.99 Å². The Bertz CT molecular complexity index is 1410. The van der Waals surface area contributed by atoms with E-state index in [1.54, 1.807) is 4.90 Å². The summed E-state index contributed by atoms with van der Waals surface area (Å²) >= 11 is 1.42. The number of aliphatic imine (C=N–C) groups is 1. The van der Waals surface area contributed by atoms with Gasteiger partial charge in [0.2, 0.25) is 0 Å². The van der Waals surface area contributed by atoms with Crippen molar-refractivity contribution >= 4 is 28.9 Å². The molecule has 0 N–H and O–H groups in total. The number of carbonyl (C=O) groups excluding carboxylic acids is 1. The fourth-order valence-electron chi connectivity index (χ4n) is 3.97. The molecule has 4 aromatic rings. The molecule has 1 fully saturated rings. The molecule has 0 atom stereocenters. The predicted octanol–water partition coefficient (Wildman–Crippen LogP) is 7.25. The molecule has 5 heteroatoms. The van der Waals surface area contributed by atoms with Gasteiger partial charge >= 0.3 is 0 Å². The Morgan fingerprint density at radius 2 is 1.51 bits per heavy atom. The zero-order valence-corrected chi connectivity index (χ0v) is 21.5. The number of hydrogen-bond acceptors (Lipinski definition) is 4. The summed E-state index contributed by atoms with van der Waals surface area (Å²) in [5.41, 5.74) is 5.44. The van der Waals surface area contributed by atoms with Gasteiger partial charge in [0.1, 0.15) is 12.4 Å². The van der Waals surface area contributed by atoms with Crippen molar-refractivity contribution in [1.82, 2.24) is 4.90 Å². The highest BCUT2D eigenvalue weighted by molar-refractivity contribution is 8.18. The normalized spacial score (nSPS) is 15.5. The molecule has 0 saturated carbocycles. The Hall–Kier alpha value is -4.09. The molecule has 0 aliphatic carbocycles. The van der Waals surface area contributed by atoms with Crippen LogP contribution in [0.15, 0.2) is 119 Å². The predicted molar refractivity (Wildman–Crippen MR) is 152 cm³/mol. The Balaban J connectivity index is 1.35. The van der Waals surface area contributed by atoms with E-state index in [4.69, 9.17) is 9.73 Å². The second-order valence-electron chi connectivity index (χ2n) is 8.92. The van der Waals surface area contributed by atoms with Gasteiger partial charge in [0.15, 0.2) is 5.17 Å². The van der Waals surface area contributed by atoms with Crippen LogP contribution in [-0.2, 0) is 24.5 Å². The largest absolute Gasteiger partial charge is 0.489 e. The SMILES string of the molecule is Cc1ccc(COc2cccc(/C=C3\SC(=NCc4ccccc4)N(Cc4ccccc4)C3=O)c2)cc1. The lowest BCUT2D eigenvalue weighted by molar-refractivity contribution is -0.122. The van der Waals surface area contributed by atoms with E-state index in [9.17, 15) is 4.79 Å². The third-order valence-corrected chi connectivity index (χ3v) is 7.04. The van der Waals surface area contributed by atoms with Crippen LogP contribution in [0.4, 0.5) is 0 Å². The maximum absolute atomic E-state index is 13.5. The molecular formula is C32H28N2O2S. The van der Waals surface area contributed by atoms with Gasteiger partial charge in [-0.2, -0.15) is 0 Å². The van der Waals surface area contributed by atoms with Crippen LogP contribution >= 0.6 is 11.8 Å². The molecule has 0 aromatic heterocycles. The van der Waals surface area contributed by atoms with E-state index in [0.29, 0.717) is 24.6 Å². The van der Waals surface area contributed by atoms with E-state index < -0.39 is 0 Å². The lowest BCUT2D eigenvalue weighted by Gasteiger charge is -2.15. The number of nitrogens with zero attached hydrogens (tertiary/aromatic N) is 2. The first-order valence-corrected chi connectivity index (χ1v) is 13.1. The molecule has 5 rings (SSSR count). The number of carbonyl (C=O) groups is 1. The summed E-state index contributed by atoms with van der Waals surface area (Å²) in [5, 5.41) is 0.718. The summed E-state index contributed by atoms with van der Waals surface area (Å²) in [7, 11) is 0. The van der Waals surface area contributed by atoms with Gasteiger partial charge in [0.25, 0.3) is 5.91 Å². The van der Waals surface area contributed by atoms with Crippen molar-refractivity contribution < 1.29 is 9.53 Å². The average Bonchev–Trinajstić information content (AvgIpc) is 3.22. The van der Waals surface area contributed by atoms with Gasteiger partial charge in [-0.25, -0.2) is 0 Å². The van der Waals surface area contributed by atoms with Gasteiger partial charge in [0.05, 0.1) is 18.0 Å². The molecule has 1 amide bonds. The van der Waals surface area contributed by atoms with Crippen LogP contribution in [0.3, 0.4) is 0 Å². The average molecular weight is 505 g/mol. The number of benzene rings is 4. The summed E-state index contributed by atoms with van der Waals surface area (Å²) in [6.45, 7) is 3.58. The second-order valence-corrected chi connectivity index (χ2v) is 9.93. The number of rotatable bonds is 8. The van der Waals surface area contributed by atoms with Gasteiger partial charge < -0.3 is 4.74 Å². The van der Waals surface area contributed by atoms with Crippen molar-refractivity contribution in [3.05, 3.63) is 142 Å². The summed E-state index contributed by atoms with van der Waals surface area (Å²) < 4.78 is 6.02. The fraction of sp³-hybridized carbons (Fsp3) is 0.125. The minimum absolute atomic E-state index is 0.0355. The molecule has 0 bridgehead atoms. The van der Waals surface area contributed by atoms with E-state index in [0.717, 1.165) is 33.2 Å². The van der Waals surface area contributed by atoms with E-state index >= 15 is 0 Å². The maximum Gasteiger partial charge on any atom is 0.267 e. The highest BCUT2D eigenvalue weighted by atomic mass is 32.2. The Kier molecular flexibility index (Phi) is 7.82. The van der Waals surface area contributed by atoms with Crippen molar-refractivity contribution in [3.8, 4) is 5.75 Å². The number of amidine groups is 1. The van der Waals surface area contributed by atoms with Crippen LogP contribution in [0.5, 0.6) is 5.75 Å². The van der Waals surface area contributed by atoms with Crippen molar-refractivity contribution in [1.29, 1.82) is 0 Å². The third-order valence-electron chi connectivity index (χ3n) is 5.99. The van der Waals surface area contributed by atoms with E-state index in [-0.39, 0.29) is 5.91 Å². The highest BCUT2D eigenvalue weighted by Crippen LogP contribution is 2.34. The molecule has 4 aromatic carbocycles. The molecular weight excluding hydrogens is 476 g/mol. The Morgan fingerprint density at radius 1 is 0.811 bits per heavy atom. The number of amides is 1. The second kappa shape index (κ2) is 11.8. The molecule has 0 unspecified atom stereocenters. The minimum atomic E-state index is -0.0355. The van der Waals surface area contributed by atoms with Crippen LogP contribution in [0, 0.1) is 6.92 Å². The molecule has 1 aliphatic rings. The van der Waals surface area contributed by atoms with Crippen LogP contribution in [-0.4, -0.2) is 16.0 Å². The highest BCUT2D eigenvalue weighted by Gasteiger charge is 2.33. The number of aryl methyl sites for hydroxylation is 1. The Morgan fingerprint density at radius 3 is 2.24 bits per heavy atom. The van der Waals surface area contributed by atoms with E-state index in [2.05, 4.69) is 31.2 Å². The Labute approximate surface area is 222 Å². The van der Waals surface area contributed by atoms with Crippen LogP contribution in [0.25, 0.3) is 6.08 Å². The first-order chi connectivity index (χ1) is 18.1. The molecule has 0 radical (unpaired) electrons. The molecule has 0 spiro atoms. The van der Waals surface area contributed by atoms with Crippen molar-refractivity contribution in [2.45, 2.75) is 26.6 Å². The van der Waals surface area contributed by atoms with Gasteiger partial charge in [-0.1, -0.05) is 103 Å². The lowest BCUT2D eigenvalue weighted by atomic mass is 10.1. The van der Waals surface area contributed by atoms with Crippen molar-refractivity contribution in [2.75, 3.05) is 0 Å².